The molecule has 0 radical (unpaired) electrons. The lowest BCUT2D eigenvalue weighted by atomic mass is 10.1. The van der Waals surface area contributed by atoms with Crippen molar-refractivity contribution in [3.63, 3.8) is 0 Å². The van der Waals surface area contributed by atoms with Gasteiger partial charge in [-0.25, -0.2) is 4.79 Å². The first kappa shape index (κ1) is 15.3. The lowest BCUT2D eigenvalue weighted by Gasteiger charge is -2.20. The molecule has 1 aliphatic carbocycles. The average Bonchev–Trinajstić information content (AvgIpc) is 3.16. The second kappa shape index (κ2) is 6.14. The number of aromatic nitrogens is 2. The topological polar surface area (TPSA) is 58.1 Å². The third kappa shape index (κ3) is 3.15. The van der Waals surface area contributed by atoms with Gasteiger partial charge in [0.05, 0.1) is 5.56 Å². The molecule has 6 heteroatoms. The van der Waals surface area contributed by atoms with Crippen LogP contribution < -0.4 is 11.2 Å². The standard InChI is InChI=1S/C14H22ClN3O2/c1-4-17(10-5-6-10)7-8-18-13(19)11(9(2)3)12(15)16-14(18)20/h9-10H,4-8H2,1-3H3,(H,16,20). The summed E-state index contributed by atoms with van der Waals surface area (Å²) in [5, 5.41) is 0.167. The molecule has 0 bridgehead atoms. The minimum absolute atomic E-state index is 0.0104. The average molecular weight is 300 g/mol. The maximum absolute atomic E-state index is 12.4. The Morgan fingerprint density at radius 3 is 2.55 bits per heavy atom. The van der Waals surface area contributed by atoms with Gasteiger partial charge < -0.3 is 0 Å². The van der Waals surface area contributed by atoms with Crippen LogP contribution in [-0.2, 0) is 6.54 Å². The lowest BCUT2D eigenvalue weighted by Crippen LogP contribution is -2.41. The quantitative estimate of drug-likeness (QED) is 0.815. The number of rotatable bonds is 6. The molecule has 0 atom stereocenters. The van der Waals surface area contributed by atoms with Gasteiger partial charge in [0, 0.05) is 19.1 Å². The van der Waals surface area contributed by atoms with E-state index >= 15 is 0 Å². The Labute approximate surface area is 123 Å². The summed E-state index contributed by atoms with van der Waals surface area (Å²) < 4.78 is 1.27. The molecular weight excluding hydrogens is 278 g/mol. The van der Waals surface area contributed by atoms with E-state index in [4.69, 9.17) is 11.6 Å². The first-order valence-electron chi connectivity index (χ1n) is 7.22. The third-order valence-electron chi connectivity index (χ3n) is 3.83. The van der Waals surface area contributed by atoms with Crippen LogP contribution in [0.5, 0.6) is 0 Å². The van der Waals surface area contributed by atoms with Crippen molar-refractivity contribution in [2.45, 2.75) is 52.1 Å². The highest BCUT2D eigenvalue weighted by atomic mass is 35.5. The molecule has 1 aromatic rings. The lowest BCUT2D eigenvalue weighted by molar-refractivity contribution is 0.263. The van der Waals surface area contributed by atoms with Crippen LogP contribution in [-0.4, -0.2) is 33.6 Å². The number of H-pyrrole nitrogens is 1. The Kier molecular flexibility index (Phi) is 4.70. The number of nitrogens with one attached hydrogen (secondary N) is 1. The smallest absolute Gasteiger partial charge is 0.299 e. The molecule has 1 aliphatic rings. The second-order valence-electron chi connectivity index (χ2n) is 5.63. The van der Waals surface area contributed by atoms with Crippen molar-refractivity contribution in [2.24, 2.45) is 0 Å². The van der Waals surface area contributed by atoms with Gasteiger partial charge in [0.25, 0.3) is 5.56 Å². The zero-order chi connectivity index (χ0) is 14.9. The maximum atomic E-state index is 12.4. The molecule has 0 saturated heterocycles. The Balaban J connectivity index is 2.25. The van der Waals surface area contributed by atoms with Crippen molar-refractivity contribution in [3.05, 3.63) is 31.6 Å². The number of halogens is 1. The van der Waals surface area contributed by atoms with Gasteiger partial charge in [0.1, 0.15) is 5.15 Å². The molecule has 0 amide bonds. The Morgan fingerprint density at radius 2 is 2.05 bits per heavy atom. The summed E-state index contributed by atoms with van der Waals surface area (Å²) in [5.74, 6) is -0.0104. The summed E-state index contributed by atoms with van der Waals surface area (Å²) in [4.78, 5) is 29.2. The summed E-state index contributed by atoms with van der Waals surface area (Å²) in [6, 6.07) is 0.631. The van der Waals surface area contributed by atoms with E-state index < -0.39 is 5.69 Å². The van der Waals surface area contributed by atoms with Crippen LogP contribution in [0.1, 0.15) is 45.1 Å². The summed E-state index contributed by atoms with van der Waals surface area (Å²) in [6.07, 6.45) is 2.44. The minimum atomic E-state index is -0.420. The van der Waals surface area contributed by atoms with Crippen LogP contribution >= 0.6 is 11.6 Å². The first-order chi connectivity index (χ1) is 9.45. The number of hydrogen-bond donors (Lipinski definition) is 1. The highest BCUT2D eigenvalue weighted by Crippen LogP contribution is 2.26. The van der Waals surface area contributed by atoms with Crippen molar-refractivity contribution in [3.8, 4) is 0 Å². The minimum Gasteiger partial charge on any atom is -0.299 e. The van der Waals surface area contributed by atoms with Crippen molar-refractivity contribution in [1.82, 2.24) is 14.5 Å². The molecule has 0 aromatic carbocycles. The van der Waals surface area contributed by atoms with Gasteiger partial charge in [-0.1, -0.05) is 32.4 Å². The molecule has 1 fully saturated rings. The van der Waals surface area contributed by atoms with Gasteiger partial charge in [-0.3, -0.25) is 19.2 Å². The van der Waals surface area contributed by atoms with Crippen LogP contribution in [0.3, 0.4) is 0 Å². The van der Waals surface area contributed by atoms with Gasteiger partial charge >= 0.3 is 5.69 Å². The summed E-state index contributed by atoms with van der Waals surface area (Å²) in [5.41, 5.74) is -0.197. The van der Waals surface area contributed by atoms with Crippen molar-refractivity contribution in [1.29, 1.82) is 0 Å². The molecule has 1 N–H and O–H groups in total. The van der Waals surface area contributed by atoms with E-state index in [-0.39, 0.29) is 16.6 Å². The highest BCUT2D eigenvalue weighted by Gasteiger charge is 2.27. The summed E-state index contributed by atoms with van der Waals surface area (Å²) >= 11 is 5.97. The number of likely N-dealkylation sites (N-methyl/N-ethyl adjacent to an activating group) is 1. The van der Waals surface area contributed by atoms with Gasteiger partial charge in [0.2, 0.25) is 0 Å². The van der Waals surface area contributed by atoms with Gasteiger partial charge in [-0.2, -0.15) is 0 Å². The van der Waals surface area contributed by atoms with Crippen LogP contribution in [0, 0.1) is 0 Å². The molecule has 0 unspecified atom stereocenters. The molecular formula is C14H22ClN3O2. The van der Waals surface area contributed by atoms with Crippen molar-refractivity contribution >= 4 is 11.6 Å². The number of hydrogen-bond acceptors (Lipinski definition) is 3. The van der Waals surface area contributed by atoms with Crippen LogP contribution in [0.25, 0.3) is 0 Å². The normalized spacial score (nSPS) is 15.3. The van der Waals surface area contributed by atoms with E-state index in [1.165, 1.54) is 17.4 Å². The number of aromatic amines is 1. The summed E-state index contributed by atoms with van der Waals surface area (Å²) in [7, 11) is 0. The van der Waals surface area contributed by atoms with Gasteiger partial charge in [-0.15, -0.1) is 0 Å². The van der Waals surface area contributed by atoms with E-state index in [2.05, 4.69) is 16.8 Å². The number of nitrogens with zero attached hydrogens (tertiary/aromatic N) is 2. The fraction of sp³-hybridized carbons (Fsp3) is 0.714. The van der Waals surface area contributed by atoms with E-state index in [1.807, 2.05) is 13.8 Å². The molecule has 2 rings (SSSR count). The molecule has 1 aromatic heterocycles. The molecule has 112 valence electrons. The zero-order valence-corrected chi connectivity index (χ0v) is 13.0. The van der Waals surface area contributed by atoms with Crippen LogP contribution in [0.15, 0.2) is 9.59 Å². The second-order valence-corrected chi connectivity index (χ2v) is 6.01. The fourth-order valence-corrected chi connectivity index (χ4v) is 2.91. The fourth-order valence-electron chi connectivity index (χ4n) is 2.53. The molecule has 1 heterocycles. The molecule has 0 spiro atoms. The summed E-state index contributed by atoms with van der Waals surface area (Å²) in [6.45, 7) is 7.98. The Morgan fingerprint density at radius 1 is 1.40 bits per heavy atom. The van der Waals surface area contributed by atoms with Crippen LogP contribution in [0.2, 0.25) is 5.15 Å². The predicted molar refractivity (Wildman–Crippen MR) is 80.7 cm³/mol. The van der Waals surface area contributed by atoms with Gasteiger partial charge in [0.15, 0.2) is 0 Å². The maximum Gasteiger partial charge on any atom is 0.329 e. The Hall–Kier alpha value is -1.07. The first-order valence-corrected chi connectivity index (χ1v) is 7.60. The molecule has 5 nitrogen and oxygen atoms in total. The predicted octanol–water partition coefficient (Wildman–Crippen LogP) is 1.80. The van der Waals surface area contributed by atoms with Gasteiger partial charge in [-0.05, 0) is 25.3 Å². The van der Waals surface area contributed by atoms with E-state index in [0.29, 0.717) is 18.2 Å². The molecule has 0 aliphatic heterocycles. The van der Waals surface area contributed by atoms with Crippen molar-refractivity contribution < 1.29 is 0 Å². The highest BCUT2D eigenvalue weighted by molar-refractivity contribution is 6.30. The molecule has 20 heavy (non-hydrogen) atoms. The SMILES string of the molecule is CCN(CCn1c(=O)[nH]c(Cl)c(C(C)C)c1=O)C1CC1. The Bertz CT molecular complexity index is 587. The largest absolute Gasteiger partial charge is 0.329 e. The van der Waals surface area contributed by atoms with E-state index in [9.17, 15) is 9.59 Å². The van der Waals surface area contributed by atoms with E-state index in [1.54, 1.807) is 0 Å². The van der Waals surface area contributed by atoms with Crippen molar-refractivity contribution in [2.75, 3.05) is 13.1 Å². The zero-order valence-electron chi connectivity index (χ0n) is 12.3. The molecule has 1 saturated carbocycles. The third-order valence-corrected chi connectivity index (χ3v) is 4.13. The monoisotopic (exact) mass is 299 g/mol. The van der Waals surface area contributed by atoms with E-state index in [0.717, 1.165) is 13.1 Å². The van der Waals surface area contributed by atoms with Crippen LogP contribution in [0.4, 0.5) is 0 Å².